The Morgan fingerprint density at radius 2 is 1.73 bits per heavy atom. The van der Waals surface area contributed by atoms with E-state index in [4.69, 9.17) is 12.2 Å². The molecule has 0 unspecified atom stereocenters. The summed E-state index contributed by atoms with van der Waals surface area (Å²) in [6.07, 6.45) is 0. The minimum Gasteiger partial charge on any atom is -0.504 e. The second-order valence-corrected chi connectivity index (χ2v) is 7.98. The molecule has 0 radical (unpaired) electrons. The summed E-state index contributed by atoms with van der Waals surface area (Å²) in [5.74, 6) is 0.544. The van der Waals surface area contributed by atoms with Crippen molar-refractivity contribution in [2.45, 2.75) is 33.6 Å². The van der Waals surface area contributed by atoms with E-state index in [9.17, 15) is 5.11 Å². The van der Waals surface area contributed by atoms with Gasteiger partial charge in [0.25, 0.3) is 0 Å². The number of aromatic hydroxyl groups is 1. The maximum atomic E-state index is 10.8. The molecule has 2 aromatic carbocycles. The Morgan fingerprint density at radius 1 is 1.10 bits per heavy atom. The van der Waals surface area contributed by atoms with E-state index < -0.39 is 0 Å². The molecule has 6 nitrogen and oxygen atoms in total. The molecule has 3 rings (SSSR count). The number of benzene rings is 2. The standard InChI is InChI=1S/C23H27N5OS/c1-14(2)17-8-10-18(11-9-17)21-22(29)20(27-28(21)5)16(4)25-26-23(30)24-19-12-6-15(3)7-13-19/h6-14,29H,1-5H3,(H2,24,26,30)/b25-16+. The van der Waals surface area contributed by atoms with Gasteiger partial charge in [-0.2, -0.15) is 10.2 Å². The number of hydrazone groups is 1. The molecule has 0 aliphatic carbocycles. The van der Waals surface area contributed by atoms with E-state index in [0.717, 1.165) is 11.3 Å². The molecule has 30 heavy (non-hydrogen) atoms. The average molecular weight is 422 g/mol. The second kappa shape index (κ2) is 9.09. The van der Waals surface area contributed by atoms with E-state index in [2.05, 4.69) is 46.9 Å². The number of hydrogen-bond acceptors (Lipinski definition) is 4. The highest BCUT2D eigenvalue weighted by Crippen LogP contribution is 2.32. The summed E-state index contributed by atoms with van der Waals surface area (Å²) in [6, 6.07) is 16.0. The predicted octanol–water partition coefficient (Wildman–Crippen LogP) is 4.94. The van der Waals surface area contributed by atoms with Crippen LogP contribution in [0.2, 0.25) is 0 Å². The molecule has 7 heteroatoms. The topological polar surface area (TPSA) is 74.5 Å². The maximum Gasteiger partial charge on any atom is 0.191 e. The van der Waals surface area contributed by atoms with Crippen LogP contribution in [0, 0.1) is 6.92 Å². The molecule has 3 aromatic rings. The van der Waals surface area contributed by atoms with Gasteiger partial charge in [-0.15, -0.1) is 0 Å². The third kappa shape index (κ3) is 4.86. The zero-order chi connectivity index (χ0) is 21.8. The molecule has 0 bridgehead atoms. The number of thiocarbonyl (C=S) groups is 1. The van der Waals surface area contributed by atoms with E-state index >= 15 is 0 Å². The Morgan fingerprint density at radius 3 is 2.33 bits per heavy atom. The molecule has 0 saturated carbocycles. The second-order valence-electron chi connectivity index (χ2n) is 7.58. The number of hydrogen-bond donors (Lipinski definition) is 3. The first-order valence-electron chi connectivity index (χ1n) is 9.81. The Balaban J connectivity index is 1.76. The highest BCUT2D eigenvalue weighted by Gasteiger charge is 2.19. The average Bonchev–Trinajstić information content (AvgIpc) is 3.02. The molecule has 0 spiro atoms. The Labute approximate surface area is 182 Å². The van der Waals surface area contributed by atoms with Gasteiger partial charge in [-0.1, -0.05) is 55.8 Å². The first-order valence-corrected chi connectivity index (χ1v) is 10.2. The monoisotopic (exact) mass is 421 g/mol. The Bertz CT molecular complexity index is 1070. The first-order chi connectivity index (χ1) is 14.3. The van der Waals surface area contributed by atoms with Gasteiger partial charge in [-0.3, -0.25) is 10.1 Å². The van der Waals surface area contributed by atoms with Crippen molar-refractivity contribution in [3.63, 3.8) is 0 Å². The van der Waals surface area contributed by atoms with Crippen molar-refractivity contribution in [1.29, 1.82) is 0 Å². The fourth-order valence-electron chi connectivity index (χ4n) is 3.09. The number of nitrogens with one attached hydrogen (secondary N) is 2. The molecule has 0 atom stereocenters. The van der Waals surface area contributed by atoms with Crippen molar-refractivity contribution in [1.82, 2.24) is 15.2 Å². The SMILES string of the molecule is C/C(=N\NC(=S)Nc1ccc(C)cc1)c1nn(C)c(-c2ccc(C(C)C)cc2)c1O. The van der Waals surface area contributed by atoms with E-state index in [1.54, 1.807) is 18.7 Å². The van der Waals surface area contributed by atoms with Crippen LogP contribution in [0.3, 0.4) is 0 Å². The van der Waals surface area contributed by atoms with Crippen LogP contribution in [0.5, 0.6) is 5.75 Å². The number of aryl methyl sites for hydroxylation is 2. The van der Waals surface area contributed by atoms with Gasteiger partial charge in [-0.25, -0.2) is 0 Å². The summed E-state index contributed by atoms with van der Waals surface area (Å²) in [6.45, 7) is 8.11. The zero-order valence-electron chi connectivity index (χ0n) is 17.9. The molecular formula is C23H27N5OS. The lowest BCUT2D eigenvalue weighted by Crippen LogP contribution is -2.25. The Kier molecular flexibility index (Phi) is 6.52. The van der Waals surface area contributed by atoms with Gasteiger partial charge in [-0.05, 0) is 49.7 Å². The summed E-state index contributed by atoms with van der Waals surface area (Å²) in [5.41, 5.74) is 8.59. The van der Waals surface area contributed by atoms with Gasteiger partial charge in [0.15, 0.2) is 16.6 Å². The van der Waals surface area contributed by atoms with Crippen LogP contribution >= 0.6 is 12.2 Å². The van der Waals surface area contributed by atoms with Crippen LogP contribution in [-0.4, -0.2) is 25.7 Å². The largest absolute Gasteiger partial charge is 0.504 e. The highest BCUT2D eigenvalue weighted by molar-refractivity contribution is 7.80. The molecule has 3 N–H and O–H groups in total. The van der Waals surface area contributed by atoms with E-state index in [-0.39, 0.29) is 5.75 Å². The predicted molar refractivity (Wildman–Crippen MR) is 127 cm³/mol. The first kappa shape index (κ1) is 21.5. The van der Waals surface area contributed by atoms with Crippen molar-refractivity contribution in [3.05, 3.63) is 65.4 Å². The van der Waals surface area contributed by atoms with Gasteiger partial charge in [0.2, 0.25) is 0 Å². The van der Waals surface area contributed by atoms with E-state index in [1.165, 1.54) is 11.1 Å². The molecular weight excluding hydrogens is 394 g/mol. The van der Waals surface area contributed by atoms with Crippen LogP contribution in [0.4, 0.5) is 5.69 Å². The maximum absolute atomic E-state index is 10.8. The van der Waals surface area contributed by atoms with Gasteiger partial charge in [0, 0.05) is 18.3 Å². The summed E-state index contributed by atoms with van der Waals surface area (Å²) >= 11 is 5.29. The lowest BCUT2D eigenvalue weighted by Gasteiger charge is -2.08. The summed E-state index contributed by atoms with van der Waals surface area (Å²) in [5, 5.41) is 23.0. The van der Waals surface area contributed by atoms with Crippen molar-refractivity contribution >= 4 is 28.7 Å². The number of anilines is 1. The summed E-state index contributed by atoms with van der Waals surface area (Å²) in [7, 11) is 1.80. The highest BCUT2D eigenvalue weighted by atomic mass is 32.1. The van der Waals surface area contributed by atoms with Crippen LogP contribution in [0.25, 0.3) is 11.3 Å². The third-order valence-corrected chi connectivity index (χ3v) is 5.04. The van der Waals surface area contributed by atoms with Crippen molar-refractivity contribution in [2.75, 3.05) is 5.32 Å². The number of rotatable bonds is 5. The molecule has 1 aromatic heterocycles. The zero-order valence-corrected chi connectivity index (χ0v) is 18.7. The normalized spacial score (nSPS) is 11.6. The van der Waals surface area contributed by atoms with Crippen molar-refractivity contribution in [2.24, 2.45) is 12.1 Å². The molecule has 0 aliphatic heterocycles. The van der Waals surface area contributed by atoms with Crippen LogP contribution in [0.15, 0.2) is 53.6 Å². The van der Waals surface area contributed by atoms with Gasteiger partial charge >= 0.3 is 0 Å². The summed E-state index contributed by atoms with van der Waals surface area (Å²) in [4.78, 5) is 0. The Hall–Kier alpha value is -3.19. The number of aromatic nitrogens is 2. The molecule has 156 valence electrons. The van der Waals surface area contributed by atoms with E-state index in [1.807, 2.05) is 43.3 Å². The minimum atomic E-state index is 0.0928. The minimum absolute atomic E-state index is 0.0928. The molecule has 0 amide bonds. The lowest BCUT2D eigenvalue weighted by molar-refractivity contribution is 0.475. The fraction of sp³-hybridized carbons (Fsp3) is 0.261. The lowest BCUT2D eigenvalue weighted by atomic mass is 10.0. The van der Waals surface area contributed by atoms with Crippen LogP contribution < -0.4 is 10.7 Å². The van der Waals surface area contributed by atoms with Crippen molar-refractivity contribution < 1.29 is 5.11 Å². The third-order valence-electron chi connectivity index (χ3n) is 4.85. The van der Waals surface area contributed by atoms with Gasteiger partial charge in [0.05, 0.1) is 5.71 Å². The smallest absolute Gasteiger partial charge is 0.191 e. The van der Waals surface area contributed by atoms with E-state index in [0.29, 0.717) is 28.1 Å². The number of nitrogens with zero attached hydrogens (tertiary/aromatic N) is 3. The van der Waals surface area contributed by atoms with Gasteiger partial charge < -0.3 is 10.4 Å². The van der Waals surface area contributed by atoms with Crippen LogP contribution in [-0.2, 0) is 7.05 Å². The van der Waals surface area contributed by atoms with Crippen LogP contribution in [0.1, 0.15) is 43.5 Å². The molecule has 0 saturated heterocycles. The molecule has 1 heterocycles. The van der Waals surface area contributed by atoms with Gasteiger partial charge in [0.1, 0.15) is 5.69 Å². The van der Waals surface area contributed by atoms with Crippen molar-refractivity contribution in [3.8, 4) is 17.0 Å². The summed E-state index contributed by atoms with van der Waals surface area (Å²) < 4.78 is 1.66. The fourth-order valence-corrected chi connectivity index (χ4v) is 3.25. The molecule has 0 fully saturated rings. The quantitative estimate of drug-likeness (QED) is 0.309. The molecule has 0 aliphatic rings.